The van der Waals surface area contributed by atoms with Crippen molar-refractivity contribution in [3.8, 4) is 0 Å². The van der Waals surface area contributed by atoms with Crippen LogP contribution in [0.25, 0.3) is 0 Å². The minimum atomic E-state index is -0.0698. The van der Waals surface area contributed by atoms with Crippen LogP contribution in [0.3, 0.4) is 0 Å². The lowest BCUT2D eigenvalue weighted by Crippen LogP contribution is -2.22. The molecule has 1 nitrogen and oxygen atoms in total. The minimum Gasteiger partial charge on any atom is -0.310 e. The molecule has 0 aliphatic rings. The third kappa shape index (κ3) is 3.64. The van der Waals surface area contributed by atoms with Gasteiger partial charge in [0.05, 0.1) is 0 Å². The predicted octanol–water partition coefficient (Wildman–Crippen LogP) is 4.48. The molecule has 102 valence electrons. The largest absolute Gasteiger partial charge is 0.310 e. The summed E-state index contributed by atoms with van der Waals surface area (Å²) < 4.78 is 14.2. The Kier molecular flexibility index (Phi) is 5.11. The first-order chi connectivity index (χ1) is 9.22. The van der Waals surface area contributed by atoms with Gasteiger partial charge in [-0.05, 0) is 43.3 Å². The molecule has 1 N–H and O–H groups in total. The van der Waals surface area contributed by atoms with Gasteiger partial charge in [0.15, 0.2) is 0 Å². The highest BCUT2D eigenvalue weighted by Crippen LogP contribution is 2.24. The number of aryl methyl sites for hydroxylation is 2. The van der Waals surface area contributed by atoms with Crippen LogP contribution in [0, 0.1) is 12.7 Å². The molecule has 0 saturated heterocycles. The van der Waals surface area contributed by atoms with E-state index in [1.807, 2.05) is 25.1 Å². The maximum absolute atomic E-state index is 14.2. The lowest BCUT2D eigenvalue weighted by molar-refractivity contribution is 0.484. The van der Waals surface area contributed by atoms with Crippen molar-refractivity contribution in [1.82, 2.24) is 5.32 Å². The molecule has 19 heavy (non-hydrogen) atoms. The summed E-state index contributed by atoms with van der Waals surface area (Å²) in [6.07, 6.45) is 1.91. The molecule has 2 rings (SSSR count). The molecule has 0 saturated carbocycles. The Hall–Kier alpha value is -1.19. The maximum Gasteiger partial charge on any atom is 0.130 e. The van der Waals surface area contributed by atoms with Gasteiger partial charge in [-0.2, -0.15) is 0 Å². The van der Waals surface area contributed by atoms with Crippen molar-refractivity contribution in [2.45, 2.75) is 32.7 Å². The van der Waals surface area contributed by atoms with E-state index < -0.39 is 0 Å². The Morgan fingerprint density at radius 1 is 1.26 bits per heavy atom. The van der Waals surface area contributed by atoms with Gasteiger partial charge in [-0.15, -0.1) is 11.3 Å². The molecule has 2 aromatic rings. The SMILES string of the molecule is CCNC(CCc1cccs1)c1cccc(C)c1F. The normalized spacial score (nSPS) is 12.6. The van der Waals surface area contributed by atoms with Crippen LogP contribution in [0.1, 0.15) is 35.4 Å². The molecule has 1 heterocycles. The highest BCUT2D eigenvalue weighted by atomic mass is 32.1. The second-order valence-electron chi connectivity index (χ2n) is 4.71. The number of benzene rings is 1. The zero-order valence-electron chi connectivity index (χ0n) is 11.4. The summed E-state index contributed by atoms with van der Waals surface area (Å²) in [5.74, 6) is -0.0698. The average molecular weight is 277 g/mol. The van der Waals surface area contributed by atoms with E-state index in [1.54, 1.807) is 11.3 Å². The molecule has 1 aromatic carbocycles. The van der Waals surface area contributed by atoms with E-state index in [0.717, 1.165) is 30.5 Å². The van der Waals surface area contributed by atoms with E-state index >= 15 is 0 Å². The quantitative estimate of drug-likeness (QED) is 0.821. The first-order valence-electron chi connectivity index (χ1n) is 6.73. The summed E-state index contributed by atoms with van der Waals surface area (Å²) >= 11 is 1.76. The second-order valence-corrected chi connectivity index (χ2v) is 5.74. The second kappa shape index (κ2) is 6.83. The van der Waals surface area contributed by atoms with Crippen LogP contribution in [-0.2, 0) is 6.42 Å². The first-order valence-corrected chi connectivity index (χ1v) is 7.61. The van der Waals surface area contributed by atoms with Crippen molar-refractivity contribution in [2.75, 3.05) is 6.54 Å². The van der Waals surface area contributed by atoms with Gasteiger partial charge in [-0.1, -0.05) is 31.2 Å². The smallest absolute Gasteiger partial charge is 0.130 e. The average Bonchev–Trinajstić information content (AvgIpc) is 2.91. The van der Waals surface area contributed by atoms with Crippen molar-refractivity contribution in [3.63, 3.8) is 0 Å². The van der Waals surface area contributed by atoms with Gasteiger partial charge in [0.2, 0.25) is 0 Å². The summed E-state index contributed by atoms with van der Waals surface area (Å²) in [7, 11) is 0. The van der Waals surface area contributed by atoms with Crippen LogP contribution >= 0.6 is 11.3 Å². The van der Waals surface area contributed by atoms with Crippen LogP contribution in [-0.4, -0.2) is 6.54 Å². The Morgan fingerprint density at radius 3 is 2.79 bits per heavy atom. The van der Waals surface area contributed by atoms with Gasteiger partial charge in [0, 0.05) is 16.5 Å². The van der Waals surface area contributed by atoms with E-state index in [4.69, 9.17) is 0 Å². The Bertz CT molecular complexity index is 507. The molecule has 0 fully saturated rings. The summed E-state index contributed by atoms with van der Waals surface area (Å²) in [5, 5.41) is 5.48. The fraction of sp³-hybridized carbons (Fsp3) is 0.375. The highest BCUT2D eigenvalue weighted by molar-refractivity contribution is 7.09. The zero-order valence-corrected chi connectivity index (χ0v) is 12.3. The summed E-state index contributed by atoms with van der Waals surface area (Å²) in [6.45, 7) is 4.73. The van der Waals surface area contributed by atoms with Crippen LogP contribution in [0.5, 0.6) is 0 Å². The van der Waals surface area contributed by atoms with Crippen molar-refractivity contribution >= 4 is 11.3 Å². The Balaban J connectivity index is 2.12. The molecule has 1 unspecified atom stereocenters. The topological polar surface area (TPSA) is 12.0 Å². The molecule has 0 aliphatic heterocycles. The number of thiophene rings is 1. The van der Waals surface area contributed by atoms with Crippen LogP contribution in [0.4, 0.5) is 4.39 Å². The summed E-state index contributed by atoms with van der Waals surface area (Å²) in [4.78, 5) is 1.36. The molecular weight excluding hydrogens is 257 g/mol. The third-order valence-corrected chi connectivity index (χ3v) is 4.24. The van der Waals surface area contributed by atoms with Crippen molar-refractivity contribution in [2.24, 2.45) is 0 Å². The molecule has 0 spiro atoms. The van der Waals surface area contributed by atoms with Gasteiger partial charge in [-0.25, -0.2) is 4.39 Å². The summed E-state index contributed by atoms with van der Waals surface area (Å²) in [6, 6.07) is 9.94. The van der Waals surface area contributed by atoms with Crippen molar-refractivity contribution in [1.29, 1.82) is 0 Å². The molecule has 0 bridgehead atoms. The highest BCUT2D eigenvalue weighted by Gasteiger charge is 2.16. The minimum absolute atomic E-state index is 0.0698. The molecule has 3 heteroatoms. The van der Waals surface area contributed by atoms with Gasteiger partial charge in [-0.3, -0.25) is 0 Å². The standard InChI is InChI=1S/C16H20FNS/c1-3-18-15(10-9-13-7-5-11-19-13)14-8-4-6-12(2)16(14)17/h4-8,11,15,18H,3,9-10H2,1-2H3. The molecule has 1 atom stereocenters. The molecule has 0 aliphatic carbocycles. The van der Waals surface area contributed by atoms with E-state index in [-0.39, 0.29) is 11.9 Å². The molecule has 0 radical (unpaired) electrons. The predicted molar refractivity (Wildman–Crippen MR) is 80.2 cm³/mol. The van der Waals surface area contributed by atoms with Crippen LogP contribution in [0.15, 0.2) is 35.7 Å². The van der Waals surface area contributed by atoms with Gasteiger partial charge >= 0.3 is 0 Å². The Labute approximate surface area is 118 Å². The lowest BCUT2D eigenvalue weighted by Gasteiger charge is -2.19. The van der Waals surface area contributed by atoms with E-state index in [1.165, 1.54) is 4.88 Å². The monoisotopic (exact) mass is 277 g/mol. The first kappa shape index (κ1) is 14.2. The fourth-order valence-electron chi connectivity index (χ4n) is 2.29. The summed E-state index contributed by atoms with van der Waals surface area (Å²) in [5.41, 5.74) is 1.51. The zero-order chi connectivity index (χ0) is 13.7. The van der Waals surface area contributed by atoms with Crippen LogP contribution < -0.4 is 5.32 Å². The van der Waals surface area contributed by atoms with Crippen LogP contribution in [0.2, 0.25) is 0 Å². The van der Waals surface area contributed by atoms with Gasteiger partial charge < -0.3 is 5.32 Å². The number of hydrogen-bond donors (Lipinski definition) is 1. The Morgan fingerprint density at radius 2 is 2.11 bits per heavy atom. The maximum atomic E-state index is 14.2. The third-order valence-electron chi connectivity index (χ3n) is 3.31. The molecule has 1 aromatic heterocycles. The molecular formula is C16H20FNS. The van der Waals surface area contributed by atoms with E-state index in [2.05, 4.69) is 29.8 Å². The fourth-order valence-corrected chi connectivity index (χ4v) is 3.02. The van der Waals surface area contributed by atoms with Gasteiger partial charge in [0.1, 0.15) is 5.82 Å². The number of nitrogens with one attached hydrogen (secondary N) is 1. The van der Waals surface area contributed by atoms with E-state index in [0.29, 0.717) is 0 Å². The van der Waals surface area contributed by atoms with Crippen molar-refractivity contribution in [3.05, 3.63) is 57.5 Å². The molecule has 0 amide bonds. The van der Waals surface area contributed by atoms with Gasteiger partial charge in [0.25, 0.3) is 0 Å². The van der Waals surface area contributed by atoms with Crippen molar-refractivity contribution < 1.29 is 4.39 Å². The number of halogens is 1. The van der Waals surface area contributed by atoms with E-state index in [9.17, 15) is 4.39 Å². The lowest BCUT2D eigenvalue weighted by atomic mass is 9.99. The number of rotatable bonds is 6. The number of hydrogen-bond acceptors (Lipinski definition) is 2.